The number of para-hydroxylation sites is 1. The van der Waals surface area contributed by atoms with Gasteiger partial charge in [0.25, 0.3) is 0 Å². The van der Waals surface area contributed by atoms with Gasteiger partial charge in [-0.2, -0.15) is 18.3 Å². The second kappa shape index (κ2) is 10.2. The first kappa shape index (κ1) is 22.1. The quantitative estimate of drug-likeness (QED) is 0.377. The lowest BCUT2D eigenvalue weighted by Gasteiger charge is -2.15. The Balaban J connectivity index is 0.00000338. The highest BCUT2D eigenvalue weighted by molar-refractivity contribution is 14.0. The van der Waals surface area contributed by atoms with Gasteiger partial charge in [-0.05, 0) is 12.1 Å². The number of aromatic nitrogens is 2. The molecule has 0 atom stereocenters. The Morgan fingerprint density at radius 3 is 2.50 bits per heavy atom. The molecule has 0 spiro atoms. The van der Waals surface area contributed by atoms with Crippen LogP contribution in [0.3, 0.4) is 0 Å². The summed E-state index contributed by atoms with van der Waals surface area (Å²) in [7, 11) is 3.45. The van der Waals surface area contributed by atoms with Crippen molar-refractivity contribution >= 4 is 29.9 Å². The number of aliphatic imine (C=N–C) groups is 1. The molecule has 1 aromatic heterocycles. The van der Waals surface area contributed by atoms with Gasteiger partial charge in [0, 0.05) is 32.4 Å². The lowest BCUT2D eigenvalue weighted by Crippen LogP contribution is -2.36. The van der Waals surface area contributed by atoms with E-state index in [1.807, 2.05) is 13.1 Å². The third-order valence-corrected chi connectivity index (χ3v) is 3.39. The van der Waals surface area contributed by atoms with Crippen molar-refractivity contribution in [3.8, 4) is 5.75 Å². The summed E-state index contributed by atoms with van der Waals surface area (Å²) < 4.78 is 43.6. The van der Waals surface area contributed by atoms with Crippen LogP contribution in [0.15, 0.2) is 41.5 Å². The Hall–Kier alpha value is -1.98. The minimum Gasteiger partial charge on any atom is -0.484 e. The summed E-state index contributed by atoms with van der Waals surface area (Å²) in [6, 6.07) is 8.45. The summed E-state index contributed by atoms with van der Waals surface area (Å²) in [6.07, 6.45) is -2.68. The Morgan fingerprint density at radius 2 is 1.88 bits per heavy atom. The molecule has 2 N–H and O–H groups in total. The second-order valence-corrected chi connectivity index (χ2v) is 5.24. The van der Waals surface area contributed by atoms with Crippen LogP contribution in [0.25, 0.3) is 0 Å². The topological polar surface area (TPSA) is 63.5 Å². The Bertz CT molecular complexity index is 718. The molecule has 26 heavy (non-hydrogen) atoms. The van der Waals surface area contributed by atoms with Gasteiger partial charge in [-0.15, -0.1) is 24.0 Å². The largest absolute Gasteiger partial charge is 0.484 e. The predicted molar refractivity (Wildman–Crippen MR) is 104 cm³/mol. The zero-order valence-corrected chi connectivity index (χ0v) is 16.7. The van der Waals surface area contributed by atoms with E-state index in [0.717, 1.165) is 5.69 Å². The first-order valence-electron chi connectivity index (χ1n) is 7.58. The molecular weight excluding hydrogens is 462 g/mol. The van der Waals surface area contributed by atoms with E-state index in [1.54, 1.807) is 36.1 Å². The molecule has 144 valence electrons. The maximum Gasteiger partial charge on any atom is 0.422 e. The summed E-state index contributed by atoms with van der Waals surface area (Å²) >= 11 is 0. The SMILES string of the molecule is CN=C(NCc1ccccc1OCC(F)(F)F)NCc1ccnn1C.I. The van der Waals surface area contributed by atoms with Crippen LogP contribution in [0.5, 0.6) is 5.75 Å². The number of guanidine groups is 1. The first-order chi connectivity index (χ1) is 11.9. The summed E-state index contributed by atoms with van der Waals surface area (Å²) in [5, 5.41) is 10.2. The molecule has 2 rings (SSSR count). The number of rotatable bonds is 6. The predicted octanol–water partition coefficient (Wildman–Crippen LogP) is 2.84. The molecular formula is C16H21F3IN5O. The molecule has 1 aromatic carbocycles. The molecule has 0 radical (unpaired) electrons. The normalized spacial score (nSPS) is 11.7. The van der Waals surface area contributed by atoms with Crippen molar-refractivity contribution in [1.82, 2.24) is 20.4 Å². The lowest BCUT2D eigenvalue weighted by atomic mass is 10.2. The van der Waals surface area contributed by atoms with Crippen LogP contribution >= 0.6 is 24.0 Å². The summed E-state index contributed by atoms with van der Waals surface area (Å²) in [6.45, 7) is -0.529. The fourth-order valence-corrected chi connectivity index (χ4v) is 2.10. The summed E-state index contributed by atoms with van der Waals surface area (Å²) in [5.41, 5.74) is 1.58. The fraction of sp³-hybridized carbons (Fsp3) is 0.375. The highest BCUT2D eigenvalue weighted by atomic mass is 127. The smallest absolute Gasteiger partial charge is 0.422 e. The molecule has 0 amide bonds. The summed E-state index contributed by atoms with van der Waals surface area (Å²) in [5.74, 6) is 0.709. The second-order valence-electron chi connectivity index (χ2n) is 5.24. The van der Waals surface area contributed by atoms with Crippen LogP contribution in [0.2, 0.25) is 0 Å². The van der Waals surface area contributed by atoms with Crippen LogP contribution in [0.1, 0.15) is 11.3 Å². The minimum absolute atomic E-state index is 0. The molecule has 2 aromatic rings. The molecule has 1 heterocycles. The van der Waals surface area contributed by atoms with Crippen molar-refractivity contribution < 1.29 is 17.9 Å². The van der Waals surface area contributed by atoms with E-state index in [9.17, 15) is 13.2 Å². The van der Waals surface area contributed by atoms with Gasteiger partial charge in [0.1, 0.15) is 5.75 Å². The van der Waals surface area contributed by atoms with Gasteiger partial charge in [-0.3, -0.25) is 9.67 Å². The van der Waals surface area contributed by atoms with Crippen LogP contribution in [-0.2, 0) is 20.1 Å². The van der Waals surface area contributed by atoms with Gasteiger partial charge in [-0.1, -0.05) is 18.2 Å². The van der Waals surface area contributed by atoms with E-state index in [1.165, 1.54) is 6.07 Å². The highest BCUT2D eigenvalue weighted by Crippen LogP contribution is 2.22. The number of benzene rings is 1. The number of hydrogen-bond donors (Lipinski definition) is 2. The zero-order chi connectivity index (χ0) is 18.3. The van der Waals surface area contributed by atoms with Gasteiger partial charge in [0.15, 0.2) is 12.6 Å². The number of nitrogens with zero attached hydrogens (tertiary/aromatic N) is 3. The molecule has 0 fully saturated rings. The monoisotopic (exact) mass is 483 g/mol. The van der Waals surface area contributed by atoms with E-state index in [-0.39, 0.29) is 36.3 Å². The number of alkyl halides is 3. The zero-order valence-electron chi connectivity index (χ0n) is 14.4. The third kappa shape index (κ3) is 7.10. The van der Waals surface area contributed by atoms with E-state index in [0.29, 0.717) is 18.1 Å². The maximum atomic E-state index is 12.3. The molecule has 0 aliphatic carbocycles. The molecule has 0 bridgehead atoms. The average Bonchev–Trinajstić information content (AvgIpc) is 2.98. The molecule has 6 nitrogen and oxygen atoms in total. The molecule has 0 saturated carbocycles. The number of nitrogens with one attached hydrogen (secondary N) is 2. The van der Waals surface area contributed by atoms with Crippen molar-refractivity contribution in [1.29, 1.82) is 0 Å². The first-order valence-corrected chi connectivity index (χ1v) is 7.58. The average molecular weight is 483 g/mol. The maximum absolute atomic E-state index is 12.3. The summed E-state index contributed by atoms with van der Waals surface area (Å²) in [4.78, 5) is 4.09. The standard InChI is InChI=1S/C16H20F3N5O.HI/c1-20-15(22-10-13-7-8-23-24(13)2)21-9-12-5-3-4-6-14(12)25-11-16(17,18)19;/h3-8H,9-11H2,1-2H3,(H2,20,21,22);1H. The minimum atomic E-state index is -4.37. The highest BCUT2D eigenvalue weighted by Gasteiger charge is 2.28. The van der Waals surface area contributed by atoms with Gasteiger partial charge in [-0.25, -0.2) is 0 Å². The number of ether oxygens (including phenoxy) is 1. The van der Waals surface area contributed by atoms with Crippen LogP contribution in [0.4, 0.5) is 13.2 Å². The Morgan fingerprint density at radius 1 is 1.19 bits per heavy atom. The van der Waals surface area contributed by atoms with Crippen molar-refractivity contribution in [2.24, 2.45) is 12.0 Å². The van der Waals surface area contributed by atoms with Crippen LogP contribution < -0.4 is 15.4 Å². The lowest BCUT2D eigenvalue weighted by molar-refractivity contribution is -0.153. The van der Waals surface area contributed by atoms with E-state index in [2.05, 4.69) is 20.7 Å². The molecule has 0 unspecified atom stereocenters. The van der Waals surface area contributed by atoms with Gasteiger partial charge < -0.3 is 15.4 Å². The van der Waals surface area contributed by atoms with Gasteiger partial charge in [0.2, 0.25) is 0 Å². The number of hydrogen-bond acceptors (Lipinski definition) is 3. The molecule has 0 aliphatic rings. The van der Waals surface area contributed by atoms with Gasteiger partial charge >= 0.3 is 6.18 Å². The van der Waals surface area contributed by atoms with Crippen molar-refractivity contribution in [3.63, 3.8) is 0 Å². The van der Waals surface area contributed by atoms with E-state index in [4.69, 9.17) is 4.74 Å². The van der Waals surface area contributed by atoms with Crippen molar-refractivity contribution in [3.05, 3.63) is 47.8 Å². The molecule has 10 heteroatoms. The van der Waals surface area contributed by atoms with Crippen LogP contribution in [0, 0.1) is 0 Å². The van der Waals surface area contributed by atoms with Crippen LogP contribution in [-0.4, -0.2) is 35.6 Å². The third-order valence-electron chi connectivity index (χ3n) is 3.39. The number of halogens is 4. The molecule has 0 saturated heterocycles. The van der Waals surface area contributed by atoms with Gasteiger partial charge in [0.05, 0.1) is 12.2 Å². The van der Waals surface area contributed by atoms with Crippen molar-refractivity contribution in [2.45, 2.75) is 19.3 Å². The Labute approximate surface area is 166 Å². The Kier molecular flexibility index (Phi) is 8.69. The molecule has 0 aliphatic heterocycles. The van der Waals surface area contributed by atoms with E-state index >= 15 is 0 Å². The van der Waals surface area contributed by atoms with Crippen molar-refractivity contribution in [2.75, 3.05) is 13.7 Å². The van der Waals surface area contributed by atoms with E-state index < -0.39 is 12.8 Å². The fourth-order valence-electron chi connectivity index (χ4n) is 2.10. The number of aryl methyl sites for hydroxylation is 1.